The molecule has 2 amide bonds. The molecule has 138 valence electrons. The minimum absolute atomic E-state index is 0.00572. The average molecular weight is 368 g/mol. The van der Waals surface area contributed by atoms with Gasteiger partial charge in [0.05, 0.1) is 25.5 Å². The van der Waals surface area contributed by atoms with Gasteiger partial charge in [-0.3, -0.25) is 9.59 Å². The molecule has 0 unspecified atom stereocenters. The Morgan fingerprint density at radius 2 is 1.67 bits per heavy atom. The van der Waals surface area contributed by atoms with Crippen LogP contribution in [-0.4, -0.2) is 26.0 Å². The lowest BCUT2D eigenvalue weighted by atomic mass is 10.1. The molecule has 0 saturated carbocycles. The maximum atomic E-state index is 12.6. The highest BCUT2D eigenvalue weighted by Crippen LogP contribution is 2.33. The fraction of sp³-hybridized carbons (Fsp3) is 0.105. The second kappa shape index (κ2) is 7.20. The number of fused-ring (bicyclic) bond motifs is 1. The van der Waals surface area contributed by atoms with Gasteiger partial charge in [-0.15, -0.1) is 0 Å². The number of hydrogen-bond donors (Lipinski definition) is 2. The van der Waals surface area contributed by atoms with E-state index in [9.17, 15) is 14.4 Å². The minimum atomic E-state index is -0.799. The molecule has 3 aromatic rings. The third kappa shape index (κ3) is 3.45. The van der Waals surface area contributed by atoms with Gasteiger partial charge in [0.25, 0.3) is 11.8 Å². The van der Waals surface area contributed by atoms with Gasteiger partial charge in [-0.1, -0.05) is 18.2 Å². The number of benzene rings is 2. The highest BCUT2D eigenvalue weighted by molar-refractivity contribution is 6.09. The number of anilines is 1. The molecular formula is C19H16N2O6. The normalized spacial score (nSPS) is 10.4. The first kappa shape index (κ1) is 18.0. The number of amides is 2. The number of para-hydroxylation sites is 1. The van der Waals surface area contributed by atoms with Crippen LogP contribution < -0.4 is 26.1 Å². The standard InChI is InChI=1S/C19H16N2O6/c1-25-15-8-11(17(20)22)13(9-16(15)26-2)21-18(23)12-7-10-5-3-4-6-14(10)27-19(12)24/h3-9H,1-2H3,(H2,20,22)(H,21,23). The van der Waals surface area contributed by atoms with Crippen molar-refractivity contribution in [1.82, 2.24) is 0 Å². The summed E-state index contributed by atoms with van der Waals surface area (Å²) < 4.78 is 15.5. The first-order valence-electron chi connectivity index (χ1n) is 7.84. The zero-order valence-corrected chi connectivity index (χ0v) is 14.6. The Hall–Kier alpha value is -3.81. The molecule has 0 fully saturated rings. The van der Waals surface area contributed by atoms with Gasteiger partial charge in [0.2, 0.25) is 0 Å². The van der Waals surface area contributed by atoms with Gasteiger partial charge >= 0.3 is 5.63 Å². The predicted octanol–water partition coefficient (Wildman–Crippen LogP) is 2.16. The van der Waals surface area contributed by atoms with E-state index in [4.69, 9.17) is 19.6 Å². The lowest BCUT2D eigenvalue weighted by molar-refractivity contribution is 0.100. The molecule has 0 atom stereocenters. The largest absolute Gasteiger partial charge is 0.493 e. The van der Waals surface area contributed by atoms with E-state index in [1.807, 2.05) is 0 Å². The van der Waals surface area contributed by atoms with Crippen molar-refractivity contribution in [1.29, 1.82) is 0 Å². The van der Waals surface area contributed by atoms with Gasteiger partial charge in [-0.25, -0.2) is 4.79 Å². The smallest absolute Gasteiger partial charge is 0.349 e. The molecule has 0 aliphatic rings. The number of carbonyl (C=O) groups excluding carboxylic acids is 2. The molecule has 0 bridgehead atoms. The van der Waals surface area contributed by atoms with E-state index in [-0.39, 0.29) is 28.3 Å². The first-order chi connectivity index (χ1) is 12.9. The zero-order chi connectivity index (χ0) is 19.6. The lowest BCUT2D eigenvalue weighted by Gasteiger charge is -2.14. The SMILES string of the molecule is COc1cc(NC(=O)c2cc3ccccc3oc2=O)c(C(N)=O)cc1OC. The summed E-state index contributed by atoms with van der Waals surface area (Å²) in [6, 6.07) is 11.0. The van der Waals surface area contributed by atoms with Crippen molar-refractivity contribution in [3.8, 4) is 11.5 Å². The molecule has 0 spiro atoms. The number of rotatable bonds is 5. The number of nitrogens with one attached hydrogen (secondary N) is 1. The van der Waals surface area contributed by atoms with Gasteiger partial charge in [-0.2, -0.15) is 0 Å². The second-order valence-electron chi connectivity index (χ2n) is 5.56. The van der Waals surface area contributed by atoms with Crippen LogP contribution in [0.3, 0.4) is 0 Å². The maximum Gasteiger partial charge on any atom is 0.349 e. The molecule has 1 heterocycles. The summed E-state index contributed by atoms with van der Waals surface area (Å²) in [6.07, 6.45) is 0. The van der Waals surface area contributed by atoms with Crippen LogP contribution in [0.4, 0.5) is 5.69 Å². The van der Waals surface area contributed by atoms with Crippen molar-refractivity contribution < 1.29 is 23.5 Å². The van der Waals surface area contributed by atoms with Crippen LogP contribution in [0.5, 0.6) is 11.5 Å². The van der Waals surface area contributed by atoms with Crippen molar-refractivity contribution >= 4 is 28.5 Å². The Kier molecular flexibility index (Phi) is 4.80. The van der Waals surface area contributed by atoms with E-state index in [1.54, 1.807) is 24.3 Å². The van der Waals surface area contributed by atoms with E-state index >= 15 is 0 Å². The first-order valence-corrected chi connectivity index (χ1v) is 7.84. The van der Waals surface area contributed by atoms with Crippen LogP contribution in [0.1, 0.15) is 20.7 Å². The van der Waals surface area contributed by atoms with Gasteiger partial charge in [0, 0.05) is 11.5 Å². The molecule has 27 heavy (non-hydrogen) atoms. The van der Waals surface area contributed by atoms with Crippen molar-refractivity contribution in [3.05, 3.63) is 64.0 Å². The van der Waals surface area contributed by atoms with E-state index < -0.39 is 17.4 Å². The Morgan fingerprint density at radius 1 is 1.00 bits per heavy atom. The summed E-state index contributed by atoms with van der Waals surface area (Å²) >= 11 is 0. The molecule has 0 aliphatic carbocycles. The molecule has 8 heteroatoms. The summed E-state index contributed by atoms with van der Waals surface area (Å²) in [5.74, 6) is -0.973. The van der Waals surface area contributed by atoms with Gasteiger partial charge in [0.1, 0.15) is 11.1 Å². The summed E-state index contributed by atoms with van der Waals surface area (Å²) in [7, 11) is 2.81. The van der Waals surface area contributed by atoms with E-state index in [0.29, 0.717) is 11.0 Å². The third-order valence-corrected chi connectivity index (χ3v) is 3.92. The number of carbonyl (C=O) groups is 2. The predicted molar refractivity (Wildman–Crippen MR) is 98.5 cm³/mol. The van der Waals surface area contributed by atoms with Gasteiger partial charge < -0.3 is 24.9 Å². The zero-order valence-electron chi connectivity index (χ0n) is 14.6. The van der Waals surface area contributed by atoms with Crippen LogP contribution in [0.2, 0.25) is 0 Å². The molecular weight excluding hydrogens is 352 g/mol. The van der Waals surface area contributed by atoms with Crippen molar-refractivity contribution in [2.45, 2.75) is 0 Å². The molecule has 3 N–H and O–H groups in total. The Bertz CT molecular complexity index is 1100. The number of methoxy groups -OCH3 is 2. The van der Waals surface area contributed by atoms with Gasteiger partial charge in [0.15, 0.2) is 11.5 Å². The van der Waals surface area contributed by atoms with Crippen LogP contribution in [0.15, 0.2) is 51.7 Å². The van der Waals surface area contributed by atoms with Crippen LogP contribution >= 0.6 is 0 Å². The van der Waals surface area contributed by atoms with E-state index in [0.717, 1.165) is 0 Å². The molecule has 0 aliphatic heterocycles. The second-order valence-corrected chi connectivity index (χ2v) is 5.56. The highest BCUT2D eigenvalue weighted by Gasteiger charge is 2.19. The molecule has 8 nitrogen and oxygen atoms in total. The van der Waals surface area contributed by atoms with Crippen molar-refractivity contribution in [2.24, 2.45) is 5.73 Å². The summed E-state index contributed by atoms with van der Waals surface area (Å²) in [5.41, 5.74) is 4.82. The fourth-order valence-electron chi connectivity index (χ4n) is 2.60. The summed E-state index contributed by atoms with van der Waals surface area (Å²) in [5, 5.41) is 3.09. The summed E-state index contributed by atoms with van der Waals surface area (Å²) in [6.45, 7) is 0. The highest BCUT2D eigenvalue weighted by atomic mass is 16.5. The molecule has 1 aromatic heterocycles. The van der Waals surface area contributed by atoms with Crippen LogP contribution in [0.25, 0.3) is 11.0 Å². The Labute approximate surface area is 153 Å². The number of primary amides is 1. The topological polar surface area (TPSA) is 121 Å². The minimum Gasteiger partial charge on any atom is -0.493 e. The number of nitrogens with two attached hydrogens (primary N) is 1. The third-order valence-electron chi connectivity index (χ3n) is 3.92. The lowest BCUT2D eigenvalue weighted by Crippen LogP contribution is -2.23. The Morgan fingerprint density at radius 3 is 2.33 bits per heavy atom. The molecule has 0 radical (unpaired) electrons. The average Bonchev–Trinajstić information content (AvgIpc) is 2.66. The molecule has 0 saturated heterocycles. The molecule has 3 rings (SSSR count). The molecule has 2 aromatic carbocycles. The quantitative estimate of drug-likeness (QED) is 0.666. The van der Waals surface area contributed by atoms with Crippen LogP contribution in [0, 0.1) is 0 Å². The van der Waals surface area contributed by atoms with Crippen molar-refractivity contribution in [3.63, 3.8) is 0 Å². The Balaban J connectivity index is 2.04. The monoisotopic (exact) mass is 368 g/mol. The van der Waals surface area contributed by atoms with E-state index in [1.165, 1.54) is 32.4 Å². The number of hydrogen-bond acceptors (Lipinski definition) is 6. The fourth-order valence-corrected chi connectivity index (χ4v) is 2.60. The van der Waals surface area contributed by atoms with Crippen LogP contribution in [-0.2, 0) is 0 Å². The van der Waals surface area contributed by atoms with Crippen molar-refractivity contribution in [2.75, 3.05) is 19.5 Å². The maximum absolute atomic E-state index is 12.6. The van der Waals surface area contributed by atoms with Gasteiger partial charge in [-0.05, 0) is 18.2 Å². The summed E-state index contributed by atoms with van der Waals surface area (Å²) in [4.78, 5) is 36.5. The number of ether oxygens (including phenoxy) is 2. The van der Waals surface area contributed by atoms with E-state index in [2.05, 4.69) is 5.32 Å².